The van der Waals surface area contributed by atoms with Gasteiger partial charge < -0.3 is 10.1 Å². The molecule has 4 heteroatoms. The zero-order valence-electron chi connectivity index (χ0n) is 10.9. The van der Waals surface area contributed by atoms with Crippen LogP contribution in [0, 0.1) is 18.3 Å². The van der Waals surface area contributed by atoms with Crippen molar-refractivity contribution in [1.29, 1.82) is 5.26 Å². The number of nitriles is 1. The van der Waals surface area contributed by atoms with Gasteiger partial charge >= 0.3 is 0 Å². The van der Waals surface area contributed by atoms with Crippen molar-refractivity contribution in [2.45, 2.75) is 45.3 Å². The van der Waals surface area contributed by atoms with Gasteiger partial charge in [-0.2, -0.15) is 5.26 Å². The van der Waals surface area contributed by atoms with Gasteiger partial charge in [-0.1, -0.05) is 6.07 Å². The number of pyridine rings is 1. The Morgan fingerprint density at radius 2 is 2.44 bits per heavy atom. The Morgan fingerprint density at radius 3 is 3.11 bits per heavy atom. The number of nitrogens with one attached hydrogen (secondary N) is 1. The molecule has 2 rings (SSSR count). The summed E-state index contributed by atoms with van der Waals surface area (Å²) < 4.78 is 5.61. The zero-order chi connectivity index (χ0) is 13.0. The molecule has 0 aromatic carbocycles. The van der Waals surface area contributed by atoms with Gasteiger partial charge in [0.25, 0.3) is 0 Å². The van der Waals surface area contributed by atoms with Crippen LogP contribution in [0.3, 0.4) is 0 Å². The third-order valence-electron chi connectivity index (χ3n) is 3.24. The monoisotopic (exact) mass is 245 g/mol. The van der Waals surface area contributed by atoms with E-state index < -0.39 is 0 Å². The Bertz CT molecular complexity index is 447. The summed E-state index contributed by atoms with van der Waals surface area (Å²) in [7, 11) is 0. The molecule has 0 aliphatic carbocycles. The molecule has 1 aromatic rings. The van der Waals surface area contributed by atoms with E-state index in [1.165, 1.54) is 6.42 Å². The highest BCUT2D eigenvalue weighted by Gasteiger charge is 2.18. The molecular formula is C14H19N3O. The molecule has 1 aliphatic rings. The summed E-state index contributed by atoms with van der Waals surface area (Å²) in [6.07, 6.45) is 3.67. The Morgan fingerprint density at radius 1 is 1.61 bits per heavy atom. The van der Waals surface area contributed by atoms with Crippen molar-refractivity contribution in [1.82, 2.24) is 4.98 Å². The summed E-state index contributed by atoms with van der Waals surface area (Å²) in [6.45, 7) is 4.90. The summed E-state index contributed by atoms with van der Waals surface area (Å²) in [5, 5.41) is 12.3. The molecule has 4 nitrogen and oxygen atoms in total. The highest BCUT2D eigenvalue weighted by atomic mass is 16.5. The lowest BCUT2D eigenvalue weighted by molar-refractivity contribution is 0.101. The molecule has 2 unspecified atom stereocenters. The van der Waals surface area contributed by atoms with Gasteiger partial charge in [0.15, 0.2) is 0 Å². The van der Waals surface area contributed by atoms with E-state index in [1.54, 1.807) is 0 Å². The van der Waals surface area contributed by atoms with Crippen LogP contribution in [-0.4, -0.2) is 23.7 Å². The van der Waals surface area contributed by atoms with Crippen molar-refractivity contribution >= 4 is 5.82 Å². The summed E-state index contributed by atoms with van der Waals surface area (Å²) in [4.78, 5) is 4.29. The lowest BCUT2D eigenvalue weighted by Gasteiger charge is -2.18. The summed E-state index contributed by atoms with van der Waals surface area (Å²) in [6, 6.07) is 6.25. The first kappa shape index (κ1) is 12.8. The van der Waals surface area contributed by atoms with Gasteiger partial charge in [0.1, 0.15) is 17.6 Å². The van der Waals surface area contributed by atoms with Crippen molar-refractivity contribution in [2.24, 2.45) is 0 Å². The van der Waals surface area contributed by atoms with E-state index in [2.05, 4.69) is 23.3 Å². The normalized spacial score (nSPS) is 20.4. The van der Waals surface area contributed by atoms with Crippen LogP contribution in [0.15, 0.2) is 12.1 Å². The topological polar surface area (TPSA) is 57.9 Å². The SMILES string of the molecule is Cc1ccc(NC(C)CC2CCCO2)nc1C#N. The van der Waals surface area contributed by atoms with E-state index in [0.29, 0.717) is 17.8 Å². The van der Waals surface area contributed by atoms with Crippen LogP contribution in [0.2, 0.25) is 0 Å². The predicted molar refractivity (Wildman–Crippen MR) is 70.4 cm³/mol. The lowest BCUT2D eigenvalue weighted by Crippen LogP contribution is -2.22. The molecule has 1 aromatic heterocycles. The highest BCUT2D eigenvalue weighted by Crippen LogP contribution is 2.19. The standard InChI is InChI=1S/C14H19N3O/c1-10-5-6-14(17-13(10)9-15)16-11(2)8-12-4-3-7-18-12/h5-6,11-12H,3-4,7-8H2,1-2H3,(H,16,17). The molecule has 0 saturated carbocycles. The minimum absolute atomic E-state index is 0.301. The molecular weight excluding hydrogens is 226 g/mol. The van der Waals surface area contributed by atoms with Crippen LogP contribution in [0.4, 0.5) is 5.82 Å². The quantitative estimate of drug-likeness (QED) is 0.886. The fourth-order valence-corrected chi connectivity index (χ4v) is 2.26. The average Bonchev–Trinajstić information content (AvgIpc) is 2.84. The Balaban J connectivity index is 1.94. The average molecular weight is 245 g/mol. The van der Waals surface area contributed by atoms with E-state index in [4.69, 9.17) is 10.00 Å². The van der Waals surface area contributed by atoms with Crippen LogP contribution in [0.5, 0.6) is 0 Å². The molecule has 1 aliphatic heterocycles. The number of anilines is 1. The maximum Gasteiger partial charge on any atom is 0.145 e. The third kappa shape index (κ3) is 3.21. The highest BCUT2D eigenvalue weighted by molar-refractivity contribution is 5.42. The first-order valence-electron chi connectivity index (χ1n) is 6.45. The van der Waals surface area contributed by atoms with Gasteiger partial charge in [-0.05, 0) is 44.7 Å². The predicted octanol–water partition coefficient (Wildman–Crippen LogP) is 2.63. The number of rotatable bonds is 4. The fraction of sp³-hybridized carbons (Fsp3) is 0.571. The zero-order valence-corrected chi connectivity index (χ0v) is 10.9. The van der Waals surface area contributed by atoms with E-state index >= 15 is 0 Å². The van der Waals surface area contributed by atoms with Crippen LogP contribution >= 0.6 is 0 Å². The molecule has 0 radical (unpaired) electrons. The van der Waals surface area contributed by atoms with Gasteiger partial charge in [0.2, 0.25) is 0 Å². The number of ether oxygens (including phenoxy) is 1. The van der Waals surface area contributed by atoms with Crippen LogP contribution in [-0.2, 0) is 4.74 Å². The van der Waals surface area contributed by atoms with Crippen molar-refractivity contribution in [2.75, 3.05) is 11.9 Å². The van der Waals surface area contributed by atoms with Crippen LogP contribution in [0.1, 0.15) is 37.4 Å². The minimum atomic E-state index is 0.301. The number of aryl methyl sites for hydroxylation is 1. The minimum Gasteiger partial charge on any atom is -0.378 e. The Kier molecular flexibility index (Phi) is 4.16. The van der Waals surface area contributed by atoms with E-state index in [-0.39, 0.29) is 0 Å². The van der Waals surface area contributed by atoms with Crippen molar-refractivity contribution < 1.29 is 4.74 Å². The molecule has 0 spiro atoms. The molecule has 2 heterocycles. The molecule has 96 valence electrons. The smallest absolute Gasteiger partial charge is 0.145 e. The largest absolute Gasteiger partial charge is 0.378 e. The first-order chi connectivity index (χ1) is 8.69. The maximum absolute atomic E-state index is 8.95. The number of hydrogen-bond acceptors (Lipinski definition) is 4. The first-order valence-corrected chi connectivity index (χ1v) is 6.45. The number of aromatic nitrogens is 1. The van der Waals surface area contributed by atoms with Gasteiger partial charge in [0, 0.05) is 12.6 Å². The molecule has 1 saturated heterocycles. The molecule has 1 N–H and O–H groups in total. The number of hydrogen-bond donors (Lipinski definition) is 1. The maximum atomic E-state index is 8.95. The van der Waals surface area contributed by atoms with Gasteiger partial charge in [0.05, 0.1) is 6.10 Å². The summed E-state index contributed by atoms with van der Waals surface area (Å²) in [5.41, 5.74) is 1.40. The van der Waals surface area contributed by atoms with E-state index in [9.17, 15) is 0 Å². The summed E-state index contributed by atoms with van der Waals surface area (Å²) in [5.74, 6) is 0.766. The second-order valence-corrected chi connectivity index (χ2v) is 4.89. The number of nitrogens with zero attached hydrogens (tertiary/aromatic N) is 2. The van der Waals surface area contributed by atoms with E-state index in [0.717, 1.165) is 30.8 Å². The van der Waals surface area contributed by atoms with Crippen LogP contribution < -0.4 is 5.32 Å². The Labute approximate surface area is 108 Å². The molecule has 0 amide bonds. The van der Waals surface area contributed by atoms with Crippen molar-refractivity contribution in [3.8, 4) is 6.07 Å². The molecule has 1 fully saturated rings. The second-order valence-electron chi connectivity index (χ2n) is 4.89. The third-order valence-corrected chi connectivity index (χ3v) is 3.24. The molecule has 18 heavy (non-hydrogen) atoms. The molecule has 2 atom stereocenters. The van der Waals surface area contributed by atoms with Crippen molar-refractivity contribution in [3.63, 3.8) is 0 Å². The molecule has 0 bridgehead atoms. The Hall–Kier alpha value is -1.60. The summed E-state index contributed by atoms with van der Waals surface area (Å²) >= 11 is 0. The van der Waals surface area contributed by atoms with Gasteiger partial charge in [-0.3, -0.25) is 0 Å². The van der Waals surface area contributed by atoms with E-state index in [1.807, 2.05) is 19.1 Å². The van der Waals surface area contributed by atoms with Crippen LogP contribution in [0.25, 0.3) is 0 Å². The van der Waals surface area contributed by atoms with Gasteiger partial charge in [-0.15, -0.1) is 0 Å². The lowest BCUT2D eigenvalue weighted by atomic mass is 10.1. The van der Waals surface area contributed by atoms with Gasteiger partial charge in [-0.25, -0.2) is 4.98 Å². The fourth-order valence-electron chi connectivity index (χ4n) is 2.26. The van der Waals surface area contributed by atoms with Crippen molar-refractivity contribution in [3.05, 3.63) is 23.4 Å². The second kappa shape index (κ2) is 5.83.